The van der Waals surface area contributed by atoms with Gasteiger partial charge in [0.15, 0.2) is 5.82 Å². The van der Waals surface area contributed by atoms with Crippen LogP contribution in [0.3, 0.4) is 0 Å². The number of phenolic OH excluding ortho intramolecular Hbond substituents is 1. The highest BCUT2D eigenvalue weighted by atomic mass is 19.1. The van der Waals surface area contributed by atoms with Gasteiger partial charge in [0.25, 0.3) is 0 Å². The standard InChI is InChI=1S/C35H39F2N5O3/c1-2-24-27(36)7-6-22-16-23(43)17-25(28(22)24)30-29(37)31-26(18-38-30)32(42-14-5-8-35(20-42)11-15-45-35)40-33(39-31)44-21-34(9-10-34)19-41-12-3-4-13-41/h6-7,16-18,43H,2-5,8-15,19-21H2,1H3/t35-/m0/s1. The second kappa shape index (κ2) is 11.0. The van der Waals surface area contributed by atoms with E-state index in [4.69, 9.17) is 14.5 Å². The van der Waals surface area contributed by atoms with Gasteiger partial charge in [0, 0.05) is 43.2 Å². The van der Waals surface area contributed by atoms with Crippen LogP contribution in [0.25, 0.3) is 32.9 Å². The number of fused-ring (bicyclic) bond motifs is 2. The summed E-state index contributed by atoms with van der Waals surface area (Å²) in [6.07, 6.45) is 9.61. The molecule has 2 aromatic carbocycles. The van der Waals surface area contributed by atoms with E-state index >= 15 is 4.39 Å². The van der Waals surface area contributed by atoms with Gasteiger partial charge in [-0.25, -0.2) is 8.78 Å². The number of ether oxygens (including phenoxy) is 2. The lowest BCUT2D eigenvalue weighted by atomic mass is 9.86. The monoisotopic (exact) mass is 615 g/mol. The fourth-order valence-electron chi connectivity index (χ4n) is 7.70. The number of benzene rings is 2. The fraction of sp³-hybridized carbons (Fsp3) is 0.514. The molecular weight excluding hydrogens is 576 g/mol. The lowest BCUT2D eigenvalue weighted by Gasteiger charge is -2.48. The minimum absolute atomic E-state index is 0.00411. The first-order chi connectivity index (χ1) is 21.9. The molecule has 45 heavy (non-hydrogen) atoms. The number of aryl methyl sites for hydroxylation is 1. The number of piperidine rings is 1. The van der Waals surface area contributed by atoms with Crippen molar-refractivity contribution in [2.24, 2.45) is 5.41 Å². The maximum atomic E-state index is 16.8. The van der Waals surface area contributed by atoms with E-state index in [0.29, 0.717) is 52.7 Å². The number of rotatable bonds is 8. The predicted octanol–water partition coefficient (Wildman–Crippen LogP) is 6.41. The Kier molecular flexibility index (Phi) is 7.05. The van der Waals surface area contributed by atoms with Crippen LogP contribution in [0.4, 0.5) is 14.6 Å². The maximum Gasteiger partial charge on any atom is 0.319 e. The molecular formula is C35H39F2N5O3. The summed E-state index contributed by atoms with van der Waals surface area (Å²) in [6.45, 7) is 7.78. The Bertz CT molecular complexity index is 1790. The van der Waals surface area contributed by atoms with Crippen molar-refractivity contribution in [3.8, 4) is 23.0 Å². The van der Waals surface area contributed by atoms with Crippen LogP contribution < -0.4 is 9.64 Å². The van der Waals surface area contributed by atoms with Crippen LogP contribution >= 0.6 is 0 Å². The summed E-state index contributed by atoms with van der Waals surface area (Å²) >= 11 is 0. The van der Waals surface area contributed by atoms with Crippen molar-refractivity contribution in [3.63, 3.8) is 0 Å². The number of aromatic nitrogens is 3. The Labute approximate surface area is 261 Å². The molecule has 3 aliphatic heterocycles. The smallest absolute Gasteiger partial charge is 0.319 e. The molecule has 2 aromatic heterocycles. The third-order valence-corrected chi connectivity index (χ3v) is 10.4. The molecule has 0 unspecified atom stereocenters. The molecule has 3 saturated heterocycles. The molecule has 8 rings (SSSR count). The van der Waals surface area contributed by atoms with E-state index in [-0.39, 0.29) is 39.8 Å². The number of nitrogens with zero attached hydrogens (tertiary/aromatic N) is 5. The highest BCUT2D eigenvalue weighted by molar-refractivity contribution is 6.01. The SMILES string of the molecule is CCc1c(F)ccc2cc(O)cc(-c3ncc4c(N5CCC[C@]6(CCO6)C5)nc(OCC5(CN6CCCC6)CC5)nc4c3F)c12. The third kappa shape index (κ3) is 5.16. The number of aromatic hydroxyl groups is 1. The average molecular weight is 616 g/mol. The Balaban J connectivity index is 1.23. The van der Waals surface area contributed by atoms with Crippen LogP contribution in [0, 0.1) is 17.0 Å². The number of halogens is 2. The molecule has 8 nitrogen and oxygen atoms in total. The summed E-state index contributed by atoms with van der Waals surface area (Å²) in [4.78, 5) is 18.8. The first kappa shape index (κ1) is 28.8. The van der Waals surface area contributed by atoms with Gasteiger partial charge in [-0.3, -0.25) is 4.98 Å². The van der Waals surface area contributed by atoms with E-state index in [0.717, 1.165) is 64.9 Å². The topological polar surface area (TPSA) is 83.8 Å². The molecule has 4 fully saturated rings. The molecule has 4 aliphatic rings. The van der Waals surface area contributed by atoms with Gasteiger partial charge < -0.3 is 24.4 Å². The molecule has 1 aliphatic carbocycles. The first-order valence-corrected chi connectivity index (χ1v) is 16.4. The van der Waals surface area contributed by atoms with Crippen LogP contribution in [0.2, 0.25) is 0 Å². The van der Waals surface area contributed by atoms with Crippen molar-refractivity contribution in [2.75, 3.05) is 50.8 Å². The minimum Gasteiger partial charge on any atom is -0.508 e. The van der Waals surface area contributed by atoms with Gasteiger partial charge in [-0.15, -0.1) is 0 Å². The summed E-state index contributed by atoms with van der Waals surface area (Å²) in [7, 11) is 0. The van der Waals surface area contributed by atoms with Gasteiger partial charge in [-0.05, 0) is 92.6 Å². The normalized spacial score (nSPS) is 22.8. The molecule has 5 heterocycles. The van der Waals surface area contributed by atoms with Crippen molar-refractivity contribution < 1.29 is 23.4 Å². The van der Waals surface area contributed by atoms with Crippen molar-refractivity contribution in [3.05, 3.63) is 47.7 Å². The first-order valence-electron chi connectivity index (χ1n) is 16.4. The number of anilines is 1. The van der Waals surface area contributed by atoms with Crippen molar-refractivity contribution >= 4 is 27.5 Å². The van der Waals surface area contributed by atoms with E-state index in [9.17, 15) is 9.50 Å². The third-order valence-electron chi connectivity index (χ3n) is 10.4. The summed E-state index contributed by atoms with van der Waals surface area (Å²) < 4.78 is 44.2. The molecule has 0 amide bonds. The Morgan fingerprint density at radius 3 is 2.58 bits per heavy atom. The molecule has 0 bridgehead atoms. The van der Waals surface area contributed by atoms with Gasteiger partial charge in [-0.2, -0.15) is 9.97 Å². The maximum absolute atomic E-state index is 16.8. The van der Waals surface area contributed by atoms with Crippen LogP contribution in [0.1, 0.15) is 57.4 Å². The quantitative estimate of drug-likeness (QED) is 0.244. The molecule has 1 spiro atoms. The number of hydrogen-bond donors (Lipinski definition) is 1. The highest BCUT2D eigenvalue weighted by Crippen LogP contribution is 2.47. The van der Waals surface area contributed by atoms with E-state index in [1.54, 1.807) is 18.3 Å². The Morgan fingerprint density at radius 2 is 1.84 bits per heavy atom. The zero-order chi connectivity index (χ0) is 30.8. The second-order valence-corrected chi connectivity index (χ2v) is 13.6. The largest absolute Gasteiger partial charge is 0.508 e. The summed E-state index contributed by atoms with van der Waals surface area (Å²) in [5, 5.41) is 12.2. The van der Waals surface area contributed by atoms with E-state index in [1.807, 2.05) is 6.92 Å². The van der Waals surface area contributed by atoms with Gasteiger partial charge in [-0.1, -0.05) is 13.0 Å². The van der Waals surface area contributed by atoms with Gasteiger partial charge in [0.2, 0.25) is 0 Å². The molecule has 4 aromatic rings. The van der Waals surface area contributed by atoms with Crippen molar-refractivity contribution in [1.82, 2.24) is 19.9 Å². The number of hydrogen-bond acceptors (Lipinski definition) is 8. The van der Waals surface area contributed by atoms with E-state index in [2.05, 4.69) is 19.8 Å². The van der Waals surface area contributed by atoms with Crippen molar-refractivity contribution in [2.45, 2.75) is 63.9 Å². The number of phenols is 1. The van der Waals surface area contributed by atoms with E-state index in [1.165, 1.54) is 25.0 Å². The molecule has 1 N–H and O–H groups in total. The van der Waals surface area contributed by atoms with Gasteiger partial charge >= 0.3 is 6.01 Å². The zero-order valence-corrected chi connectivity index (χ0v) is 25.7. The molecule has 10 heteroatoms. The Hall–Kier alpha value is -3.63. The van der Waals surface area contributed by atoms with Crippen LogP contribution in [-0.4, -0.2) is 76.5 Å². The van der Waals surface area contributed by atoms with Gasteiger partial charge in [0.05, 0.1) is 24.2 Å². The minimum atomic E-state index is -0.649. The average Bonchev–Trinajstić information content (AvgIpc) is 3.60. The summed E-state index contributed by atoms with van der Waals surface area (Å²) in [5.41, 5.74) is 0.765. The fourth-order valence-corrected chi connectivity index (χ4v) is 7.70. The Morgan fingerprint density at radius 1 is 1.02 bits per heavy atom. The van der Waals surface area contributed by atoms with Crippen LogP contribution in [0.5, 0.6) is 11.8 Å². The number of likely N-dealkylation sites (tertiary alicyclic amines) is 1. The van der Waals surface area contributed by atoms with E-state index < -0.39 is 5.82 Å². The van der Waals surface area contributed by atoms with Crippen molar-refractivity contribution in [1.29, 1.82) is 0 Å². The molecule has 0 radical (unpaired) electrons. The highest BCUT2D eigenvalue weighted by Gasteiger charge is 2.46. The second-order valence-electron chi connectivity index (χ2n) is 13.6. The summed E-state index contributed by atoms with van der Waals surface area (Å²) in [5.74, 6) is -0.484. The van der Waals surface area contributed by atoms with Gasteiger partial charge in [0.1, 0.15) is 28.6 Å². The summed E-state index contributed by atoms with van der Waals surface area (Å²) in [6, 6.07) is 6.15. The molecule has 1 atom stereocenters. The molecule has 236 valence electrons. The van der Waals surface area contributed by atoms with Crippen LogP contribution in [0.15, 0.2) is 30.5 Å². The number of pyridine rings is 1. The predicted molar refractivity (Wildman–Crippen MR) is 169 cm³/mol. The van der Waals surface area contributed by atoms with Crippen LogP contribution in [-0.2, 0) is 11.2 Å². The lowest BCUT2D eigenvalue weighted by Crippen LogP contribution is -2.56. The lowest BCUT2D eigenvalue weighted by molar-refractivity contribution is -0.151. The molecule has 1 saturated carbocycles. The zero-order valence-electron chi connectivity index (χ0n) is 25.7.